The van der Waals surface area contributed by atoms with Gasteiger partial charge in [-0.15, -0.1) is 0 Å². The molecule has 0 atom stereocenters. The van der Waals surface area contributed by atoms with E-state index in [0.717, 1.165) is 0 Å². The van der Waals surface area contributed by atoms with Crippen LogP contribution in [0.2, 0.25) is 0 Å². The van der Waals surface area contributed by atoms with E-state index in [2.05, 4.69) is 0 Å². The number of carbonyl (C=O) groups is 2. The summed E-state index contributed by atoms with van der Waals surface area (Å²) >= 11 is 0. The predicted octanol–water partition coefficient (Wildman–Crippen LogP) is 2.63. The average molecular weight is 216 g/mol. The number of alkyl halides is 3. The summed E-state index contributed by atoms with van der Waals surface area (Å²) in [6.07, 6.45) is -5.42. The van der Waals surface area contributed by atoms with Crippen LogP contribution >= 0.6 is 0 Å². The summed E-state index contributed by atoms with van der Waals surface area (Å²) in [6.45, 7) is 0. The smallest absolute Gasteiger partial charge is 0.298 e. The van der Waals surface area contributed by atoms with Crippen molar-refractivity contribution < 1.29 is 22.8 Å². The quantitative estimate of drug-likeness (QED) is 0.575. The van der Waals surface area contributed by atoms with Crippen molar-refractivity contribution in [3.63, 3.8) is 0 Å². The second kappa shape index (κ2) is 4.25. The SMILES string of the molecule is O=Cc1ccc(C(=O)CC(F)(F)F)cc1. The van der Waals surface area contributed by atoms with E-state index in [4.69, 9.17) is 0 Å². The largest absolute Gasteiger partial charge is 0.396 e. The first-order chi connectivity index (χ1) is 6.92. The van der Waals surface area contributed by atoms with Gasteiger partial charge in [0.25, 0.3) is 0 Å². The third-order valence-corrected chi connectivity index (χ3v) is 1.73. The maximum atomic E-state index is 11.9. The molecule has 0 N–H and O–H groups in total. The lowest BCUT2D eigenvalue weighted by molar-refractivity contribution is -0.125. The van der Waals surface area contributed by atoms with Crippen molar-refractivity contribution in [3.8, 4) is 0 Å². The zero-order chi connectivity index (χ0) is 11.5. The fraction of sp³-hybridized carbons (Fsp3) is 0.200. The molecule has 0 bridgehead atoms. The summed E-state index contributed by atoms with van der Waals surface area (Å²) in [5, 5.41) is 0. The normalized spacial score (nSPS) is 11.1. The minimum atomic E-state index is -4.50. The number of ketones is 1. The first kappa shape index (κ1) is 11.4. The number of hydrogen-bond acceptors (Lipinski definition) is 2. The Bertz CT molecular complexity index is 365. The van der Waals surface area contributed by atoms with Crippen molar-refractivity contribution in [2.24, 2.45) is 0 Å². The van der Waals surface area contributed by atoms with Crippen LogP contribution in [0, 0.1) is 0 Å². The lowest BCUT2D eigenvalue weighted by atomic mass is 10.1. The van der Waals surface area contributed by atoms with Crippen molar-refractivity contribution in [2.45, 2.75) is 12.6 Å². The van der Waals surface area contributed by atoms with E-state index in [0.29, 0.717) is 11.8 Å². The molecule has 0 aliphatic heterocycles. The van der Waals surface area contributed by atoms with Crippen molar-refractivity contribution in [3.05, 3.63) is 35.4 Å². The van der Waals surface area contributed by atoms with Crippen LogP contribution in [0.15, 0.2) is 24.3 Å². The lowest BCUT2D eigenvalue weighted by Gasteiger charge is -2.04. The van der Waals surface area contributed by atoms with E-state index in [9.17, 15) is 22.8 Å². The summed E-state index contributed by atoms with van der Waals surface area (Å²) in [5.74, 6) is -1.00. The zero-order valence-corrected chi connectivity index (χ0v) is 7.54. The minimum absolute atomic E-state index is 0.0436. The van der Waals surface area contributed by atoms with Gasteiger partial charge in [0, 0.05) is 11.1 Å². The number of rotatable bonds is 3. The number of aldehydes is 1. The predicted molar refractivity (Wildman–Crippen MR) is 46.8 cm³/mol. The van der Waals surface area contributed by atoms with Gasteiger partial charge in [-0.25, -0.2) is 0 Å². The van der Waals surface area contributed by atoms with Crippen LogP contribution in [0.5, 0.6) is 0 Å². The van der Waals surface area contributed by atoms with E-state index >= 15 is 0 Å². The second-order valence-electron chi connectivity index (χ2n) is 2.95. The molecule has 0 fully saturated rings. The van der Waals surface area contributed by atoms with Gasteiger partial charge in [0.2, 0.25) is 0 Å². The van der Waals surface area contributed by atoms with Gasteiger partial charge >= 0.3 is 6.18 Å². The van der Waals surface area contributed by atoms with E-state index in [1.807, 2.05) is 0 Å². The molecule has 5 heteroatoms. The standard InChI is InChI=1S/C10H7F3O2/c11-10(12,13)5-9(15)8-3-1-7(6-14)2-4-8/h1-4,6H,5H2. The van der Waals surface area contributed by atoms with Crippen molar-refractivity contribution in [1.82, 2.24) is 0 Å². The Morgan fingerprint density at radius 2 is 1.73 bits per heavy atom. The molecule has 0 aromatic heterocycles. The molecule has 0 heterocycles. The van der Waals surface area contributed by atoms with Gasteiger partial charge in [-0.2, -0.15) is 13.2 Å². The van der Waals surface area contributed by atoms with Crippen LogP contribution in [-0.2, 0) is 0 Å². The summed E-state index contributed by atoms with van der Waals surface area (Å²) in [6, 6.07) is 5.02. The third-order valence-electron chi connectivity index (χ3n) is 1.73. The zero-order valence-electron chi connectivity index (χ0n) is 7.54. The van der Waals surface area contributed by atoms with Crippen LogP contribution in [0.4, 0.5) is 13.2 Å². The van der Waals surface area contributed by atoms with Crippen LogP contribution < -0.4 is 0 Å². The molecule has 0 spiro atoms. The van der Waals surface area contributed by atoms with Crippen molar-refractivity contribution in [1.29, 1.82) is 0 Å². The number of hydrogen-bond donors (Lipinski definition) is 0. The second-order valence-corrected chi connectivity index (χ2v) is 2.95. The number of halogens is 3. The van der Waals surface area contributed by atoms with Gasteiger partial charge < -0.3 is 0 Å². The average Bonchev–Trinajstić information content (AvgIpc) is 2.15. The summed E-state index contributed by atoms with van der Waals surface area (Å²) in [7, 11) is 0. The molecule has 1 aromatic rings. The van der Waals surface area contributed by atoms with E-state index in [1.165, 1.54) is 24.3 Å². The van der Waals surface area contributed by atoms with E-state index in [1.54, 1.807) is 0 Å². The Balaban J connectivity index is 2.79. The maximum Gasteiger partial charge on any atom is 0.396 e. The molecule has 1 rings (SSSR count). The fourth-order valence-corrected chi connectivity index (χ4v) is 1.03. The molecule has 0 aliphatic rings. The highest BCUT2D eigenvalue weighted by molar-refractivity contribution is 5.96. The molecule has 0 amide bonds. The molecule has 1 aromatic carbocycles. The molecular formula is C10H7F3O2. The first-order valence-corrected chi connectivity index (χ1v) is 4.07. The van der Waals surface area contributed by atoms with Gasteiger partial charge in [0.1, 0.15) is 12.7 Å². The Labute approximate surface area is 83.7 Å². The molecule has 0 saturated carbocycles. The summed E-state index contributed by atoms with van der Waals surface area (Å²) in [5.41, 5.74) is 0.275. The van der Waals surface area contributed by atoms with Crippen molar-refractivity contribution >= 4 is 12.1 Å². The Kier molecular flexibility index (Phi) is 3.24. The minimum Gasteiger partial charge on any atom is -0.298 e. The lowest BCUT2D eigenvalue weighted by Crippen LogP contribution is -2.14. The fourth-order valence-electron chi connectivity index (χ4n) is 1.03. The van der Waals surface area contributed by atoms with Crippen LogP contribution in [0.3, 0.4) is 0 Å². The Morgan fingerprint density at radius 3 is 2.13 bits per heavy atom. The molecule has 0 saturated heterocycles. The van der Waals surface area contributed by atoms with Gasteiger partial charge in [0.05, 0.1) is 0 Å². The molecule has 0 aliphatic carbocycles. The summed E-state index contributed by atoms with van der Waals surface area (Å²) in [4.78, 5) is 21.3. The highest BCUT2D eigenvalue weighted by atomic mass is 19.4. The van der Waals surface area contributed by atoms with Crippen LogP contribution in [0.25, 0.3) is 0 Å². The summed E-state index contributed by atoms with van der Waals surface area (Å²) < 4.78 is 35.6. The van der Waals surface area contributed by atoms with Gasteiger partial charge in [0.15, 0.2) is 5.78 Å². The van der Waals surface area contributed by atoms with Crippen LogP contribution in [-0.4, -0.2) is 18.2 Å². The molecule has 0 unspecified atom stereocenters. The Morgan fingerprint density at radius 1 is 1.20 bits per heavy atom. The van der Waals surface area contributed by atoms with Gasteiger partial charge in [-0.1, -0.05) is 24.3 Å². The first-order valence-electron chi connectivity index (χ1n) is 4.07. The van der Waals surface area contributed by atoms with Crippen molar-refractivity contribution in [2.75, 3.05) is 0 Å². The maximum absolute atomic E-state index is 11.9. The molecule has 80 valence electrons. The highest BCUT2D eigenvalue weighted by Crippen LogP contribution is 2.22. The monoisotopic (exact) mass is 216 g/mol. The molecule has 2 nitrogen and oxygen atoms in total. The van der Waals surface area contributed by atoms with Gasteiger partial charge in [-0.3, -0.25) is 9.59 Å². The molecule has 0 radical (unpaired) electrons. The topological polar surface area (TPSA) is 34.1 Å². The number of Topliss-reactive ketones (excluding diaryl/α,β-unsaturated/α-hetero) is 1. The number of benzene rings is 1. The van der Waals surface area contributed by atoms with E-state index in [-0.39, 0.29) is 5.56 Å². The van der Waals surface area contributed by atoms with Crippen LogP contribution in [0.1, 0.15) is 27.1 Å². The molecular weight excluding hydrogens is 209 g/mol. The molecule has 15 heavy (non-hydrogen) atoms. The van der Waals surface area contributed by atoms with E-state index < -0.39 is 18.4 Å². The third kappa shape index (κ3) is 3.53. The highest BCUT2D eigenvalue weighted by Gasteiger charge is 2.31. The van der Waals surface area contributed by atoms with Gasteiger partial charge in [-0.05, 0) is 0 Å². The number of carbonyl (C=O) groups excluding carboxylic acids is 2. The Hall–Kier alpha value is -1.65.